The van der Waals surface area contributed by atoms with Gasteiger partial charge in [0.15, 0.2) is 0 Å². The van der Waals surface area contributed by atoms with Crippen LogP contribution in [0.15, 0.2) is 12.1 Å². The Morgan fingerprint density at radius 2 is 1.97 bits per heavy atom. The Hall–Kier alpha value is -1.57. The number of carboxylic acid groups (broad SMARTS) is 1. The number of halogens is 2. The maximum Gasteiger partial charge on any atom is 0.341 e. The molecule has 0 amide bonds. The molecule has 1 aliphatic heterocycles. The Morgan fingerprint density at radius 1 is 1.28 bits per heavy atom. The lowest BCUT2D eigenvalue weighted by Gasteiger charge is -2.44. The highest BCUT2D eigenvalue weighted by molar-refractivity contribution is 5.88. The predicted octanol–water partition coefficient (Wildman–Crippen LogP) is 3.73. The first-order chi connectivity index (χ1) is 13.8. The summed E-state index contributed by atoms with van der Waals surface area (Å²) in [6.07, 6.45) is 4.29. The highest BCUT2D eigenvalue weighted by Crippen LogP contribution is 2.43. The SMILES string of the molecule is CC1CC[C@H]2CCC[C@@H]([C@@H](C)[C@H]([O-])OCc3cc(F)c(C(=O)O)c(F)c3)C2CO1. The second kappa shape index (κ2) is 9.49. The number of rotatable bonds is 6. The lowest BCUT2D eigenvalue weighted by atomic mass is 9.66. The number of ether oxygens (including phenoxy) is 2. The number of fused-ring (bicyclic) bond motifs is 1. The Labute approximate surface area is 170 Å². The zero-order chi connectivity index (χ0) is 21.1. The molecule has 29 heavy (non-hydrogen) atoms. The molecule has 1 heterocycles. The van der Waals surface area contributed by atoms with Gasteiger partial charge in [-0.25, -0.2) is 13.6 Å². The van der Waals surface area contributed by atoms with Crippen LogP contribution in [0.3, 0.4) is 0 Å². The van der Waals surface area contributed by atoms with Crippen molar-refractivity contribution in [2.75, 3.05) is 6.61 Å². The minimum absolute atomic E-state index is 0.103. The van der Waals surface area contributed by atoms with Crippen molar-refractivity contribution < 1.29 is 33.3 Å². The normalized spacial score (nSPS) is 29.6. The van der Waals surface area contributed by atoms with Gasteiger partial charge in [-0.3, -0.25) is 0 Å². The summed E-state index contributed by atoms with van der Waals surface area (Å²) >= 11 is 0. The van der Waals surface area contributed by atoms with E-state index in [9.17, 15) is 18.7 Å². The van der Waals surface area contributed by atoms with E-state index in [1.807, 2.05) is 6.92 Å². The van der Waals surface area contributed by atoms with E-state index >= 15 is 0 Å². The van der Waals surface area contributed by atoms with E-state index in [2.05, 4.69) is 6.92 Å². The van der Waals surface area contributed by atoms with Gasteiger partial charge in [0.25, 0.3) is 0 Å². The highest BCUT2D eigenvalue weighted by atomic mass is 19.1. The Bertz CT molecular complexity index is 702. The van der Waals surface area contributed by atoms with Crippen molar-refractivity contribution in [3.05, 3.63) is 34.9 Å². The second-order valence-corrected chi connectivity index (χ2v) is 8.52. The molecule has 7 heteroatoms. The summed E-state index contributed by atoms with van der Waals surface area (Å²) in [6.45, 7) is 4.37. The summed E-state index contributed by atoms with van der Waals surface area (Å²) < 4.78 is 39.0. The van der Waals surface area contributed by atoms with Crippen LogP contribution in [0.4, 0.5) is 8.78 Å². The molecule has 6 atom stereocenters. The van der Waals surface area contributed by atoms with E-state index in [0.717, 1.165) is 37.8 Å². The predicted molar refractivity (Wildman–Crippen MR) is 100 cm³/mol. The van der Waals surface area contributed by atoms with E-state index in [4.69, 9.17) is 14.6 Å². The first-order valence-electron chi connectivity index (χ1n) is 10.4. The molecule has 2 fully saturated rings. The zero-order valence-electron chi connectivity index (χ0n) is 16.9. The molecule has 162 valence electrons. The monoisotopic (exact) mass is 411 g/mol. The van der Waals surface area contributed by atoms with Crippen LogP contribution in [0.25, 0.3) is 0 Å². The number of carbonyl (C=O) groups is 1. The molecular weight excluding hydrogens is 382 g/mol. The van der Waals surface area contributed by atoms with Crippen LogP contribution in [0, 0.1) is 35.3 Å². The first-order valence-corrected chi connectivity index (χ1v) is 10.4. The molecule has 1 aromatic rings. The minimum Gasteiger partial charge on any atom is -0.831 e. The summed E-state index contributed by atoms with van der Waals surface area (Å²) in [5, 5.41) is 21.6. The lowest BCUT2D eigenvalue weighted by Crippen LogP contribution is -2.44. The van der Waals surface area contributed by atoms with Crippen LogP contribution < -0.4 is 5.11 Å². The quantitative estimate of drug-likeness (QED) is 0.722. The van der Waals surface area contributed by atoms with E-state index in [1.165, 1.54) is 6.42 Å². The van der Waals surface area contributed by atoms with Crippen LogP contribution in [0.5, 0.6) is 0 Å². The third-order valence-electron chi connectivity index (χ3n) is 6.62. The molecule has 1 N–H and O–H groups in total. The largest absolute Gasteiger partial charge is 0.831 e. The van der Waals surface area contributed by atoms with E-state index in [-0.39, 0.29) is 30.1 Å². The smallest absolute Gasteiger partial charge is 0.341 e. The zero-order valence-corrected chi connectivity index (χ0v) is 16.9. The van der Waals surface area contributed by atoms with Crippen molar-refractivity contribution >= 4 is 5.97 Å². The van der Waals surface area contributed by atoms with Gasteiger partial charge in [0.2, 0.25) is 0 Å². The van der Waals surface area contributed by atoms with Crippen LogP contribution in [0.2, 0.25) is 0 Å². The molecule has 0 radical (unpaired) electrons. The standard InChI is InChI=1S/C22H29F2O5/c1-12-6-7-15-4-3-5-16(17(15)11-28-12)13(2)22(27)29-10-14-8-18(23)20(21(25)26)19(24)9-14/h8-9,12-13,15-17,22H,3-7,10-11H2,1-2H3,(H,25,26)/q-1/t12?,13-,15-,16+,17?,22-/m1/s1. The van der Waals surface area contributed by atoms with Gasteiger partial charge in [-0.05, 0) is 73.8 Å². The molecule has 2 unspecified atom stereocenters. The van der Waals surface area contributed by atoms with Crippen LogP contribution in [-0.4, -0.2) is 30.1 Å². The maximum absolute atomic E-state index is 13.8. The maximum atomic E-state index is 13.8. The number of benzene rings is 1. The fourth-order valence-corrected chi connectivity index (χ4v) is 4.92. The van der Waals surface area contributed by atoms with Gasteiger partial charge in [0, 0.05) is 0 Å². The van der Waals surface area contributed by atoms with Gasteiger partial charge in [0.1, 0.15) is 17.2 Å². The summed E-state index contributed by atoms with van der Waals surface area (Å²) in [4.78, 5) is 10.9. The van der Waals surface area contributed by atoms with Crippen molar-refractivity contribution in [1.82, 2.24) is 0 Å². The summed E-state index contributed by atoms with van der Waals surface area (Å²) in [6, 6.07) is 1.81. The molecule has 1 aliphatic carbocycles. The Kier molecular flexibility index (Phi) is 7.24. The average Bonchev–Trinajstić information content (AvgIpc) is 2.86. The third-order valence-corrected chi connectivity index (χ3v) is 6.62. The molecule has 2 aliphatic rings. The Morgan fingerprint density at radius 3 is 2.62 bits per heavy atom. The van der Waals surface area contributed by atoms with Crippen molar-refractivity contribution in [1.29, 1.82) is 0 Å². The number of hydrogen-bond donors (Lipinski definition) is 1. The van der Waals surface area contributed by atoms with Crippen molar-refractivity contribution in [2.24, 2.45) is 23.7 Å². The molecule has 0 aromatic heterocycles. The Balaban J connectivity index is 1.63. The van der Waals surface area contributed by atoms with Crippen molar-refractivity contribution in [3.63, 3.8) is 0 Å². The van der Waals surface area contributed by atoms with Gasteiger partial charge in [-0.2, -0.15) is 0 Å². The molecule has 0 spiro atoms. The van der Waals surface area contributed by atoms with Gasteiger partial charge in [-0.15, -0.1) is 0 Å². The minimum atomic E-state index is -1.67. The fraction of sp³-hybridized carbons (Fsp3) is 0.682. The highest BCUT2D eigenvalue weighted by Gasteiger charge is 2.38. The van der Waals surface area contributed by atoms with Gasteiger partial charge in [0.05, 0.1) is 19.3 Å². The van der Waals surface area contributed by atoms with E-state index in [1.54, 1.807) is 0 Å². The van der Waals surface area contributed by atoms with Crippen LogP contribution >= 0.6 is 0 Å². The average molecular weight is 411 g/mol. The van der Waals surface area contributed by atoms with Crippen molar-refractivity contribution in [3.8, 4) is 0 Å². The van der Waals surface area contributed by atoms with Crippen LogP contribution in [-0.2, 0) is 16.1 Å². The molecule has 5 nitrogen and oxygen atoms in total. The summed E-state index contributed by atoms with van der Waals surface area (Å²) in [5.74, 6) is -3.17. The third kappa shape index (κ3) is 5.13. The second-order valence-electron chi connectivity index (χ2n) is 8.52. The molecular formula is C22H29F2O5-. The van der Waals surface area contributed by atoms with E-state index in [0.29, 0.717) is 18.4 Å². The molecule has 1 saturated carbocycles. The summed E-state index contributed by atoms with van der Waals surface area (Å²) in [7, 11) is 0. The number of hydrogen-bond acceptors (Lipinski definition) is 4. The van der Waals surface area contributed by atoms with Gasteiger partial charge < -0.3 is 19.7 Å². The number of carboxylic acids is 1. The summed E-state index contributed by atoms with van der Waals surface area (Å²) in [5.41, 5.74) is -0.900. The van der Waals surface area contributed by atoms with Gasteiger partial charge in [-0.1, -0.05) is 19.8 Å². The topological polar surface area (TPSA) is 78.8 Å². The first kappa shape index (κ1) is 22.1. The molecule has 1 saturated heterocycles. The van der Waals surface area contributed by atoms with Crippen molar-refractivity contribution in [2.45, 2.75) is 65.0 Å². The molecule has 0 bridgehead atoms. The lowest BCUT2D eigenvalue weighted by molar-refractivity contribution is -0.510. The van der Waals surface area contributed by atoms with Gasteiger partial charge >= 0.3 is 5.97 Å². The fourth-order valence-electron chi connectivity index (χ4n) is 4.92. The van der Waals surface area contributed by atoms with E-state index < -0.39 is 29.5 Å². The molecule has 1 aromatic carbocycles. The van der Waals surface area contributed by atoms with Crippen LogP contribution in [0.1, 0.15) is 61.9 Å². The number of aromatic carboxylic acids is 1. The molecule has 3 rings (SSSR count).